The van der Waals surface area contributed by atoms with E-state index in [-0.39, 0.29) is 16.7 Å². The van der Waals surface area contributed by atoms with Crippen LogP contribution in [0.5, 0.6) is 0 Å². The lowest BCUT2D eigenvalue weighted by Crippen LogP contribution is -2.58. The molecular formula is C43H52N10O3S. The SMILES string of the molecule is CC1=C2CCCN=C2N=NC1(Nc1nc2ccccc2s1)c1ccc(-c2cnn(CC34CC5CC(C3)CC(OCCN3CCN(C)CC3)(C5)C4)c2C)c(C(=O)O)n1. The number of fused-ring (bicyclic) bond motifs is 2. The topological polar surface area (TPSA) is 146 Å². The van der Waals surface area contributed by atoms with Crippen molar-refractivity contribution in [2.24, 2.45) is 32.5 Å². The fraction of sp³-hybridized carbons (Fsp3) is 0.558. The largest absolute Gasteiger partial charge is 0.476 e. The molecule has 4 bridgehead atoms. The molecule has 57 heavy (non-hydrogen) atoms. The summed E-state index contributed by atoms with van der Waals surface area (Å²) in [6.07, 6.45) is 10.7. The molecule has 0 spiro atoms. The van der Waals surface area contributed by atoms with Crippen LogP contribution in [0.4, 0.5) is 5.13 Å². The van der Waals surface area contributed by atoms with Crippen molar-refractivity contribution in [3.63, 3.8) is 0 Å². The maximum atomic E-state index is 13.1. The highest BCUT2D eigenvalue weighted by molar-refractivity contribution is 7.22. The van der Waals surface area contributed by atoms with Crippen LogP contribution in [0, 0.1) is 24.2 Å². The van der Waals surface area contributed by atoms with E-state index in [4.69, 9.17) is 24.9 Å². The summed E-state index contributed by atoms with van der Waals surface area (Å²) in [6.45, 7) is 11.9. The summed E-state index contributed by atoms with van der Waals surface area (Å²) in [5.41, 5.74) is 4.28. The first-order chi connectivity index (χ1) is 27.6. The molecule has 3 atom stereocenters. The van der Waals surface area contributed by atoms with Gasteiger partial charge >= 0.3 is 5.97 Å². The van der Waals surface area contributed by atoms with Crippen molar-refractivity contribution < 1.29 is 14.6 Å². The van der Waals surface area contributed by atoms with Gasteiger partial charge in [0.15, 0.2) is 16.7 Å². The third-order valence-corrected chi connectivity index (χ3v) is 14.8. The summed E-state index contributed by atoms with van der Waals surface area (Å²) < 4.78 is 10.1. The van der Waals surface area contributed by atoms with Gasteiger partial charge in [0.1, 0.15) is 0 Å². The van der Waals surface area contributed by atoms with Gasteiger partial charge in [0.05, 0.1) is 34.3 Å². The quantitative estimate of drug-likeness (QED) is 0.159. The summed E-state index contributed by atoms with van der Waals surface area (Å²) in [7, 11) is 2.20. The Morgan fingerprint density at radius 3 is 2.61 bits per heavy atom. The van der Waals surface area contributed by atoms with Gasteiger partial charge < -0.3 is 20.1 Å². The third kappa shape index (κ3) is 6.62. The number of carboxylic acids is 1. The first-order valence-electron chi connectivity index (χ1n) is 20.7. The highest BCUT2D eigenvalue weighted by Crippen LogP contribution is 2.63. The van der Waals surface area contributed by atoms with Gasteiger partial charge in [-0.3, -0.25) is 14.6 Å². The molecule has 3 aliphatic heterocycles. The zero-order valence-corrected chi connectivity index (χ0v) is 34.0. The molecule has 1 aromatic carbocycles. The molecule has 3 aromatic heterocycles. The Balaban J connectivity index is 0.941. The van der Waals surface area contributed by atoms with Gasteiger partial charge in [-0.1, -0.05) is 23.5 Å². The summed E-state index contributed by atoms with van der Waals surface area (Å²) in [5.74, 6) is 0.913. The van der Waals surface area contributed by atoms with E-state index in [0.717, 1.165) is 97.8 Å². The fourth-order valence-corrected chi connectivity index (χ4v) is 12.3. The number of carboxylic acid groups (broad SMARTS) is 1. The molecule has 11 rings (SSSR count). The number of para-hydroxylation sites is 1. The lowest BCUT2D eigenvalue weighted by Gasteiger charge is -2.61. The molecule has 4 aromatic rings. The molecule has 7 aliphatic rings. The molecule has 5 fully saturated rings. The van der Waals surface area contributed by atoms with E-state index in [1.54, 1.807) is 0 Å². The van der Waals surface area contributed by atoms with E-state index in [1.807, 2.05) is 49.5 Å². The highest BCUT2D eigenvalue weighted by atomic mass is 32.1. The number of pyridine rings is 1. The van der Waals surface area contributed by atoms with Crippen LogP contribution in [0.15, 0.2) is 69.0 Å². The number of ether oxygens (including phenoxy) is 1. The minimum atomic E-state index is -1.26. The molecule has 298 valence electrons. The number of azo groups is 1. The number of thiazole rings is 1. The normalized spacial score (nSPS) is 29.9. The Labute approximate surface area is 337 Å². The van der Waals surface area contributed by atoms with Crippen LogP contribution in [0.2, 0.25) is 0 Å². The average molecular weight is 789 g/mol. The maximum Gasteiger partial charge on any atom is 0.355 e. The number of aromatic nitrogens is 4. The minimum absolute atomic E-state index is 0.0414. The standard InChI is InChI=1S/C43H52N10O3S/c1-27-31-7-6-12-44-38(31)49-50-43(27,48-40-46-34-8-4-5-9-35(34)57-40)36-11-10-32(37(47-36)39(54)55)33-24-45-53(28(33)2)26-41-20-29-19-30(21-41)23-42(22-29,25-41)56-18-17-52-15-13-51(3)14-16-52/h4-5,8-11,24,29-30H,6-7,12-23,25-26H2,1-3H3,(H,46,48)(H,54,55). The van der Waals surface area contributed by atoms with Crippen LogP contribution in [0.1, 0.15) is 80.2 Å². The zero-order valence-electron chi connectivity index (χ0n) is 33.2. The number of hydrogen-bond donors (Lipinski definition) is 2. The van der Waals surface area contributed by atoms with Gasteiger partial charge in [0.25, 0.3) is 0 Å². The maximum absolute atomic E-state index is 13.1. The van der Waals surface area contributed by atoms with Crippen molar-refractivity contribution in [3.8, 4) is 11.1 Å². The summed E-state index contributed by atoms with van der Waals surface area (Å²) >= 11 is 1.52. The number of likely N-dealkylation sites (N-methyl/N-ethyl adjacent to an activating group) is 1. The number of hydrogen-bond acceptors (Lipinski definition) is 12. The molecule has 14 heteroatoms. The van der Waals surface area contributed by atoms with Crippen molar-refractivity contribution in [1.82, 2.24) is 29.5 Å². The van der Waals surface area contributed by atoms with Crippen molar-refractivity contribution in [3.05, 3.63) is 70.8 Å². The Hall–Kier alpha value is -4.37. The van der Waals surface area contributed by atoms with Crippen LogP contribution in [-0.2, 0) is 16.9 Å². The lowest BCUT2D eigenvalue weighted by molar-refractivity contribution is -0.198. The molecule has 0 amide bonds. The second-order valence-electron chi connectivity index (χ2n) is 17.8. The monoisotopic (exact) mass is 788 g/mol. The van der Waals surface area contributed by atoms with Crippen molar-refractivity contribution >= 4 is 38.5 Å². The summed E-state index contributed by atoms with van der Waals surface area (Å²) in [5, 5.41) is 29.4. The van der Waals surface area contributed by atoms with Gasteiger partial charge in [0, 0.05) is 68.2 Å². The second-order valence-corrected chi connectivity index (χ2v) is 18.8. The highest BCUT2D eigenvalue weighted by Gasteiger charge is 2.58. The third-order valence-electron chi connectivity index (χ3n) is 13.9. The van der Waals surface area contributed by atoms with Crippen LogP contribution >= 0.6 is 11.3 Å². The van der Waals surface area contributed by atoms with Gasteiger partial charge in [-0.25, -0.2) is 14.8 Å². The van der Waals surface area contributed by atoms with E-state index >= 15 is 0 Å². The van der Waals surface area contributed by atoms with Gasteiger partial charge in [-0.15, -0.1) is 10.2 Å². The number of carbonyl (C=O) groups is 1. The minimum Gasteiger partial charge on any atom is -0.476 e. The number of amidine groups is 1. The number of aliphatic imine (C=N–C) groups is 1. The second kappa shape index (κ2) is 14.2. The first-order valence-corrected chi connectivity index (χ1v) is 21.6. The smallest absolute Gasteiger partial charge is 0.355 e. The summed E-state index contributed by atoms with van der Waals surface area (Å²) in [6, 6.07) is 11.7. The van der Waals surface area contributed by atoms with Gasteiger partial charge in [0.2, 0.25) is 5.66 Å². The number of nitrogens with zero attached hydrogens (tertiary/aromatic N) is 9. The Morgan fingerprint density at radius 2 is 1.82 bits per heavy atom. The Bertz CT molecular complexity index is 2270. The first kappa shape index (κ1) is 36.9. The van der Waals surface area contributed by atoms with Crippen molar-refractivity contribution in [2.45, 2.75) is 83.0 Å². The Kier molecular flexibility index (Phi) is 9.18. The van der Waals surface area contributed by atoms with E-state index in [9.17, 15) is 9.90 Å². The van der Waals surface area contributed by atoms with Crippen LogP contribution in [0.3, 0.4) is 0 Å². The van der Waals surface area contributed by atoms with Crippen LogP contribution < -0.4 is 5.32 Å². The zero-order chi connectivity index (χ0) is 38.9. The predicted octanol–water partition coefficient (Wildman–Crippen LogP) is 7.40. The molecule has 2 N–H and O–H groups in total. The predicted molar refractivity (Wildman–Crippen MR) is 221 cm³/mol. The number of nitrogens with one attached hydrogen (secondary N) is 1. The molecular weight excluding hydrogens is 737 g/mol. The molecule has 3 unspecified atom stereocenters. The number of piperazine rings is 1. The van der Waals surface area contributed by atoms with Crippen LogP contribution in [-0.4, -0.2) is 105 Å². The number of anilines is 1. The fourth-order valence-electron chi connectivity index (χ4n) is 11.4. The van der Waals surface area contributed by atoms with E-state index in [2.05, 4.69) is 43.9 Å². The average Bonchev–Trinajstić information content (AvgIpc) is 3.77. The number of rotatable bonds is 11. The summed E-state index contributed by atoms with van der Waals surface area (Å²) in [4.78, 5) is 32.5. The van der Waals surface area contributed by atoms with Crippen molar-refractivity contribution in [1.29, 1.82) is 0 Å². The lowest BCUT2D eigenvalue weighted by atomic mass is 9.48. The molecule has 4 aliphatic carbocycles. The van der Waals surface area contributed by atoms with Crippen molar-refractivity contribution in [2.75, 3.05) is 58.2 Å². The van der Waals surface area contributed by atoms with Crippen LogP contribution in [0.25, 0.3) is 21.3 Å². The number of benzene rings is 1. The van der Waals surface area contributed by atoms with Gasteiger partial charge in [-0.05, 0) is 119 Å². The Morgan fingerprint density at radius 1 is 1.02 bits per heavy atom. The molecule has 1 saturated heterocycles. The van der Waals surface area contributed by atoms with Gasteiger partial charge in [-0.2, -0.15) is 5.10 Å². The molecule has 0 radical (unpaired) electrons. The van der Waals surface area contributed by atoms with E-state index in [0.29, 0.717) is 40.6 Å². The van der Waals surface area contributed by atoms with E-state index in [1.165, 1.54) is 43.4 Å². The molecule has 4 saturated carbocycles. The molecule has 6 heterocycles. The van der Waals surface area contributed by atoms with E-state index < -0.39 is 11.6 Å². The number of aromatic carboxylic acids is 1. The molecule has 13 nitrogen and oxygen atoms in total.